The second-order valence-electron chi connectivity index (χ2n) is 4.91. The summed E-state index contributed by atoms with van der Waals surface area (Å²) in [5, 5.41) is 9.77. The monoisotopic (exact) mass is 233 g/mol. The fourth-order valence-corrected chi connectivity index (χ4v) is 2.72. The van der Waals surface area contributed by atoms with Crippen LogP contribution < -0.4 is 4.90 Å². The van der Waals surface area contributed by atoms with Crippen LogP contribution in [0.15, 0.2) is 24.3 Å². The van der Waals surface area contributed by atoms with Crippen molar-refractivity contribution in [2.45, 2.75) is 51.7 Å². The Balaban J connectivity index is 2.12. The fraction of sp³-hybridized carbons (Fsp3) is 0.600. The standard InChI is InChI=1S/C15H23NO/c1-3-13-6-5-11-16(13)14-9-7-12(8-10-14)15(17)4-2/h7-10,13,15,17H,3-6,11H2,1-2H3/t13?,15-/m1/s1. The van der Waals surface area contributed by atoms with Crippen LogP contribution in [0, 0.1) is 0 Å². The van der Waals surface area contributed by atoms with E-state index in [1.165, 1.54) is 31.5 Å². The maximum atomic E-state index is 9.77. The molecule has 1 N–H and O–H groups in total. The molecule has 2 heteroatoms. The third kappa shape index (κ3) is 2.63. The van der Waals surface area contributed by atoms with Crippen molar-refractivity contribution in [2.75, 3.05) is 11.4 Å². The van der Waals surface area contributed by atoms with E-state index in [4.69, 9.17) is 0 Å². The molecule has 0 bridgehead atoms. The third-order valence-corrected chi connectivity index (χ3v) is 3.84. The first-order chi connectivity index (χ1) is 8.26. The molecule has 1 aliphatic heterocycles. The van der Waals surface area contributed by atoms with E-state index >= 15 is 0 Å². The highest BCUT2D eigenvalue weighted by molar-refractivity contribution is 5.49. The highest BCUT2D eigenvalue weighted by Crippen LogP contribution is 2.28. The average molecular weight is 233 g/mol. The Labute approximate surface area is 104 Å². The van der Waals surface area contributed by atoms with Gasteiger partial charge in [0, 0.05) is 18.3 Å². The van der Waals surface area contributed by atoms with E-state index in [1.54, 1.807) is 0 Å². The van der Waals surface area contributed by atoms with Gasteiger partial charge in [-0.25, -0.2) is 0 Å². The summed E-state index contributed by atoms with van der Waals surface area (Å²) in [6.07, 6.45) is 4.30. The summed E-state index contributed by atoms with van der Waals surface area (Å²) in [6.45, 7) is 5.44. The van der Waals surface area contributed by atoms with Crippen LogP contribution >= 0.6 is 0 Å². The van der Waals surface area contributed by atoms with Crippen molar-refractivity contribution in [1.82, 2.24) is 0 Å². The Morgan fingerprint density at radius 3 is 2.59 bits per heavy atom. The van der Waals surface area contributed by atoms with Gasteiger partial charge in [-0.3, -0.25) is 0 Å². The van der Waals surface area contributed by atoms with Crippen LogP contribution in [0.25, 0.3) is 0 Å². The first-order valence-electron chi connectivity index (χ1n) is 6.81. The highest BCUT2D eigenvalue weighted by atomic mass is 16.3. The molecule has 1 aliphatic rings. The highest BCUT2D eigenvalue weighted by Gasteiger charge is 2.22. The van der Waals surface area contributed by atoms with Gasteiger partial charge in [0.05, 0.1) is 6.10 Å². The molecule has 1 fully saturated rings. The summed E-state index contributed by atoms with van der Waals surface area (Å²) in [5.41, 5.74) is 2.34. The van der Waals surface area contributed by atoms with E-state index in [9.17, 15) is 5.11 Å². The van der Waals surface area contributed by atoms with E-state index in [0.29, 0.717) is 6.04 Å². The van der Waals surface area contributed by atoms with Gasteiger partial charge in [0.1, 0.15) is 0 Å². The molecular formula is C15H23NO. The summed E-state index contributed by atoms with van der Waals surface area (Å²) in [5.74, 6) is 0. The Morgan fingerprint density at radius 2 is 2.00 bits per heavy atom. The molecule has 1 aromatic rings. The quantitative estimate of drug-likeness (QED) is 0.860. The van der Waals surface area contributed by atoms with Crippen molar-refractivity contribution in [3.63, 3.8) is 0 Å². The third-order valence-electron chi connectivity index (χ3n) is 3.84. The molecule has 1 aromatic carbocycles. The van der Waals surface area contributed by atoms with E-state index in [2.05, 4.69) is 36.1 Å². The molecule has 0 radical (unpaired) electrons. The van der Waals surface area contributed by atoms with Crippen molar-refractivity contribution < 1.29 is 5.11 Å². The molecule has 94 valence electrons. The lowest BCUT2D eigenvalue weighted by Gasteiger charge is -2.26. The molecule has 1 saturated heterocycles. The molecular weight excluding hydrogens is 210 g/mol. The Bertz CT molecular complexity index is 346. The summed E-state index contributed by atoms with van der Waals surface area (Å²) in [7, 11) is 0. The Hall–Kier alpha value is -1.02. The molecule has 2 nitrogen and oxygen atoms in total. The van der Waals surface area contributed by atoms with Gasteiger partial charge in [0.2, 0.25) is 0 Å². The van der Waals surface area contributed by atoms with Crippen molar-refractivity contribution in [3.05, 3.63) is 29.8 Å². The molecule has 1 unspecified atom stereocenters. The van der Waals surface area contributed by atoms with Gasteiger partial charge in [-0.05, 0) is 43.4 Å². The topological polar surface area (TPSA) is 23.5 Å². The van der Waals surface area contributed by atoms with Crippen molar-refractivity contribution in [3.8, 4) is 0 Å². The summed E-state index contributed by atoms with van der Waals surface area (Å²) in [4.78, 5) is 2.50. The van der Waals surface area contributed by atoms with Crippen LogP contribution in [-0.2, 0) is 0 Å². The Morgan fingerprint density at radius 1 is 1.29 bits per heavy atom. The number of benzene rings is 1. The molecule has 0 aromatic heterocycles. The van der Waals surface area contributed by atoms with Gasteiger partial charge >= 0.3 is 0 Å². The van der Waals surface area contributed by atoms with Crippen LogP contribution in [0.2, 0.25) is 0 Å². The normalized spacial score (nSPS) is 21.8. The molecule has 0 amide bonds. The van der Waals surface area contributed by atoms with Crippen molar-refractivity contribution in [1.29, 1.82) is 0 Å². The first-order valence-corrected chi connectivity index (χ1v) is 6.81. The number of hydrogen-bond acceptors (Lipinski definition) is 2. The summed E-state index contributed by atoms with van der Waals surface area (Å²) < 4.78 is 0. The molecule has 2 rings (SSSR count). The van der Waals surface area contributed by atoms with Crippen LogP contribution in [0.1, 0.15) is 51.2 Å². The number of hydrogen-bond donors (Lipinski definition) is 1. The smallest absolute Gasteiger partial charge is 0.0787 e. The van der Waals surface area contributed by atoms with Gasteiger partial charge in [-0.15, -0.1) is 0 Å². The second-order valence-corrected chi connectivity index (χ2v) is 4.91. The van der Waals surface area contributed by atoms with E-state index in [0.717, 1.165) is 12.0 Å². The number of rotatable bonds is 4. The van der Waals surface area contributed by atoms with Crippen LogP contribution in [0.5, 0.6) is 0 Å². The predicted molar refractivity (Wildman–Crippen MR) is 72.4 cm³/mol. The minimum absolute atomic E-state index is 0.315. The summed E-state index contributed by atoms with van der Waals surface area (Å²) >= 11 is 0. The van der Waals surface area contributed by atoms with Gasteiger partial charge in [0.25, 0.3) is 0 Å². The lowest BCUT2D eigenvalue weighted by molar-refractivity contribution is 0.173. The van der Waals surface area contributed by atoms with E-state index in [-0.39, 0.29) is 6.10 Å². The zero-order chi connectivity index (χ0) is 12.3. The minimum atomic E-state index is -0.315. The summed E-state index contributed by atoms with van der Waals surface area (Å²) in [6, 6.07) is 9.14. The van der Waals surface area contributed by atoms with Crippen LogP contribution in [-0.4, -0.2) is 17.7 Å². The largest absolute Gasteiger partial charge is 0.388 e. The van der Waals surface area contributed by atoms with Crippen molar-refractivity contribution >= 4 is 5.69 Å². The van der Waals surface area contributed by atoms with E-state index in [1.807, 2.05) is 6.92 Å². The molecule has 1 heterocycles. The van der Waals surface area contributed by atoms with Crippen LogP contribution in [0.4, 0.5) is 5.69 Å². The average Bonchev–Trinajstić information content (AvgIpc) is 2.86. The molecule has 0 aliphatic carbocycles. The number of nitrogens with zero attached hydrogens (tertiary/aromatic N) is 1. The Kier molecular flexibility index (Phi) is 4.06. The van der Waals surface area contributed by atoms with E-state index < -0.39 is 0 Å². The first kappa shape index (κ1) is 12.4. The van der Waals surface area contributed by atoms with Crippen molar-refractivity contribution in [2.24, 2.45) is 0 Å². The molecule has 0 saturated carbocycles. The number of aliphatic hydroxyl groups excluding tert-OH is 1. The molecule has 0 spiro atoms. The zero-order valence-corrected chi connectivity index (χ0v) is 10.9. The van der Waals surface area contributed by atoms with Gasteiger partial charge in [0.15, 0.2) is 0 Å². The number of aliphatic hydroxyl groups is 1. The predicted octanol–water partition coefficient (Wildman–Crippen LogP) is 3.51. The SMILES string of the molecule is CCC1CCCN1c1ccc([C@H](O)CC)cc1. The minimum Gasteiger partial charge on any atom is -0.388 e. The lowest BCUT2D eigenvalue weighted by Crippen LogP contribution is -2.28. The van der Waals surface area contributed by atoms with Crippen LogP contribution in [0.3, 0.4) is 0 Å². The lowest BCUT2D eigenvalue weighted by atomic mass is 10.1. The fourth-order valence-electron chi connectivity index (χ4n) is 2.72. The zero-order valence-electron chi connectivity index (χ0n) is 10.9. The van der Waals surface area contributed by atoms with Gasteiger partial charge < -0.3 is 10.0 Å². The molecule has 17 heavy (non-hydrogen) atoms. The maximum Gasteiger partial charge on any atom is 0.0787 e. The number of anilines is 1. The van der Waals surface area contributed by atoms with Gasteiger partial charge in [-0.1, -0.05) is 26.0 Å². The second kappa shape index (κ2) is 5.54. The van der Waals surface area contributed by atoms with Gasteiger partial charge in [-0.2, -0.15) is 0 Å². The molecule has 2 atom stereocenters. The maximum absolute atomic E-state index is 9.77.